The standard InChI is InChI=1S/C13H18N2O/c1-9(2)8-15(4)13(16)11-7-5-6-10(3)12(11)14/h5-7H,1,8,14H2,2-4H3. The van der Waals surface area contributed by atoms with Gasteiger partial charge in [0.05, 0.1) is 5.56 Å². The Bertz CT molecular complexity index is 424. The zero-order valence-electron chi connectivity index (χ0n) is 10.1. The van der Waals surface area contributed by atoms with E-state index in [1.54, 1.807) is 18.0 Å². The second-order valence-corrected chi connectivity index (χ2v) is 4.15. The Hall–Kier alpha value is -1.77. The van der Waals surface area contributed by atoms with Gasteiger partial charge in [-0.25, -0.2) is 0 Å². The summed E-state index contributed by atoms with van der Waals surface area (Å²) < 4.78 is 0. The molecule has 2 N–H and O–H groups in total. The first-order valence-corrected chi connectivity index (χ1v) is 5.18. The van der Waals surface area contributed by atoms with Gasteiger partial charge in [-0.15, -0.1) is 0 Å². The molecule has 86 valence electrons. The molecule has 1 aromatic rings. The van der Waals surface area contributed by atoms with Crippen molar-refractivity contribution in [3.8, 4) is 0 Å². The van der Waals surface area contributed by atoms with Crippen LogP contribution in [0.25, 0.3) is 0 Å². The van der Waals surface area contributed by atoms with Crippen LogP contribution in [0.2, 0.25) is 0 Å². The van der Waals surface area contributed by atoms with Crippen LogP contribution in [0, 0.1) is 6.92 Å². The molecule has 0 saturated carbocycles. The highest BCUT2D eigenvalue weighted by atomic mass is 16.2. The van der Waals surface area contributed by atoms with Crippen LogP contribution in [0.4, 0.5) is 5.69 Å². The van der Waals surface area contributed by atoms with Crippen molar-refractivity contribution in [1.29, 1.82) is 0 Å². The zero-order chi connectivity index (χ0) is 12.3. The summed E-state index contributed by atoms with van der Waals surface area (Å²) in [4.78, 5) is 13.7. The van der Waals surface area contributed by atoms with Crippen LogP contribution in [0.3, 0.4) is 0 Å². The Labute approximate surface area is 96.6 Å². The number of aryl methyl sites for hydroxylation is 1. The number of nitrogens with zero attached hydrogens (tertiary/aromatic N) is 1. The van der Waals surface area contributed by atoms with Crippen LogP contribution in [0.15, 0.2) is 30.4 Å². The van der Waals surface area contributed by atoms with Crippen molar-refractivity contribution in [1.82, 2.24) is 4.90 Å². The highest BCUT2D eigenvalue weighted by Crippen LogP contribution is 2.18. The largest absolute Gasteiger partial charge is 0.398 e. The average molecular weight is 218 g/mol. The quantitative estimate of drug-likeness (QED) is 0.624. The first kappa shape index (κ1) is 12.3. The molecule has 0 spiro atoms. The van der Waals surface area contributed by atoms with E-state index < -0.39 is 0 Å². The molecule has 1 aromatic carbocycles. The number of carbonyl (C=O) groups excluding carboxylic acids is 1. The molecule has 0 saturated heterocycles. The predicted octanol–water partition coefficient (Wildman–Crippen LogP) is 2.23. The lowest BCUT2D eigenvalue weighted by Gasteiger charge is -2.18. The highest BCUT2D eigenvalue weighted by molar-refractivity contribution is 5.99. The third-order valence-electron chi connectivity index (χ3n) is 2.41. The normalized spacial score (nSPS) is 9.94. The van der Waals surface area contributed by atoms with Gasteiger partial charge in [0.2, 0.25) is 0 Å². The second kappa shape index (κ2) is 4.84. The van der Waals surface area contributed by atoms with Gasteiger partial charge in [-0.1, -0.05) is 24.3 Å². The Kier molecular flexibility index (Phi) is 3.72. The molecule has 0 aromatic heterocycles. The first-order valence-electron chi connectivity index (χ1n) is 5.18. The van der Waals surface area contributed by atoms with E-state index in [-0.39, 0.29) is 5.91 Å². The molecule has 0 bridgehead atoms. The van der Waals surface area contributed by atoms with Crippen molar-refractivity contribution in [2.75, 3.05) is 19.3 Å². The van der Waals surface area contributed by atoms with E-state index in [4.69, 9.17) is 5.73 Å². The number of hydrogen-bond donors (Lipinski definition) is 1. The van der Waals surface area contributed by atoms with Gasteiger partial charge in [-0.2, -0.15) is 0 Å². The molecule has 0 aliphatic carbocycles. The number of rotatable bonds is 3. The van der Waals surface area contributed by atoms with Gasteiger partial charge in [0, 0.05) is 19.3 Å². The molecule has 3 nitrogen and oxygen atoms in total. The van der Waals surface area contributed by atoms with Crippen LogP contribution in [0.5, 0.6) is 0 Å². The third kappa shape index (κ3) is 2.63. The molecule has 0 aliphatic heterocycles. The Balaban J connectivity index is 2.96. The number of nitrogens with two attached hydrogens (primary N) is 1. The lowest BCUT2D eigenvalue weighted by molar-refractivity contribution is 0.0808. The van der Waals surface area contributed by atoms with Crippen LogP contribution in [-0.4, -0.2) is 24.4 Å². The minimum absolute atomic E-state index is 0.0656. The molecule has 0 aliphatic rings. The van der Waals surface area contributed by atoms with E-state index in [2.05, 4.69) is 6.58 Å². The topological polar surface area (TPSA) is 46.3 Å². The molecule has 0 fully saturated rings. The number of amides is 1. The van der Waals surface area contributed by atoms with Gasteiger partial charge < -0.3 is 10.6 Å². The summed E-state index contributed by atoms with van der Waals surface area (Å²) in [6, 6.07) is 5.48. The minimum Gasteiger partial charge on any atom is -0.398 e. The monoisotopic (exact) mass is 218 g/mol. The number of carbonyl (C=O) groups is 1. The lowest BCUT2D eigenvalue weighted by atomic mass is 10.1. The number of anilines is 1. The van der Waals surface area contributed by atoms with Gasteiger partial charge in [0.1, 0.15) is 0 Å². The average Bonchev–Trinajstić information content (AvgIpc) is 2.20. The third-order valence-corrected chi connectivity index (χ3v) is 2.41. The molecule has 0 atom stereocenters. The van der Waals surface area contributed by atoms with Crippen molar-refractivity contribution in [3.63, 3.8) is 0 Å². The van der Waals surface area contributed by atoms with Gasteiger partial charge >= 0.3 is 0 Å². The van der Waals surface area contributed by atoms with E-state index in [9.17, 15) is 4.79 Å². The minimum atomic E-state index is -0.0656. The maximum absolute atomic E-state index is 12.1. The summed E-state index contributed by atoms with van der Waals surface area (Å²) in [6.07, 6.45) is 0. The number of hydrogen-bond acceptors (Lipinski definition) is 2. The first-order chi connectivity index (χ1) is 7.43. The van der Waals surface area contributed by atoms with Gasteiger partial charge in [0.15, 0.2) is 0 Å². The molecule has 0 heterocycles. The molecule has 16 heavy (non-hydrogen) atoms. The summed E-state index contributed by atoms with van der Waals surface area (Å²) in [5.41, 5.74) is 8.87. The molecular weight excluding hydrogens is 200 g/mol. The van der Waals surface area contributed by atoms with Crippen molar-refractivity contribution in [3.05, 3.63) is 41.5 Å². The fourth-order valence-electron chi connectivity index (χ4n) is 1.55. The number of para-hydroxylation sites is 1. The maximum Gasteiger partial charge on any atom is 0.255 e. The molecule has 1 rings (SSSR count). The SMILES string of the molecule is C=C(C)CN(C)C(=O)c1cccc(C)c1N. The van der Waals surface area contributed by atoms with Crippen molar-refractivity contribution >= 4 is 11.6 Å². The molecule has 3 heteroatoms. The van der Waals surface area contributed by atoms with E-state index >= 15 is 0 Å². The smallest absolute Gasteiger partial charge is 0.255 e. The number of nitrogen functional groups attached to an aromatic ring is 1. The Morgan fingerprint density at radius 3 is 2.69 bits per heavy atom. The van der Waals surface area contributed by atoms with E-state index in [0.29, 0.717) is 17.8 Å². The summed E-state index contributed by atoms with van der Waals surface area (Å²) in [5, 5.41) is 0. The van der Waals surface area contributed by atoms with Crippen LogP contribution in [0.1, 0.15) is 22.8 Å². The summed E-state index contributed by atoms with van der Waals surface area (Å²) in [5.74, 6) is -0.0656. The van der Waals surface area contributed by atoms with E-state index in [1.807, 2.05) is 26.0 Å². The van der Waals surface area contributed by atoms with Crippen molar-refractivity contribution < 1.29 is 4.79 Å². The van der Waals surface area contributed by atoms with Crippen molar-refractivity contribution in [2.45, 2.75) is 13.8 Å². The second-order valence-electron chi connectivity index (χ2n) is 4.15. The summed E-state index contributed by atoms with van der Waals surface area (Å²) in [6.45, 7) is 8.12. The Morgan fingerprint density at radius 1 is 1.50 bits per heavy atom. The highest BCUT2D eigenvalue weighted by Gasteiger charge is 2.15. The summed E-state index contributed by atoms with van der Waals surface area (Å²) in [7, 11) is 1.75. The fourth-order valence-corrected chi connectivity index (χ4v) is 1.55. The van der Waals surface area contributed by atoms with Gasteiger partial charge in [-0.3, -0.25) is 4.79 Å². The molecule has 0 unspecified atom stereocenters. The lowest BCUT2D eigenvalue weighted by Crippen LogP contribution is -2.28. The van der Waals surface area contributed by atoms with Gasteiger partial charge in [-0.05, 0) is 25.5 Å². The van der Waals surface area contributed by atoms with Gasteiger partial charge in [0.25, 0.3) is 5.91 Å². The zero-order valence-corrected chi connectivity index (χ0v) is 10.1. The maximum atomic E-state index is 12.1. The van der Waals surface area contributed by atoms with E-state index in [1.165, 1.54) is 0 Å². The number of likely N-dealkylation sites (N-methyl/N-ethyl adjacent to an activating group) is 1. The molecule has 1 amide bonds. The Morgan fingerprint density at radius 2 is 2.12 bits per heavy atom. The van der Waals surface area contributed by atoms with Crippen LogP contribution < -0.4 is 5.73 Å². The fraction of sp³-hybridized carbons (Fsp3) is 0.308. The van der Waals surface area contributed by atoms with E-state index in [0.717, 1.165) is 11.1 Å². The van der Waals surface area contributed by atoms with Crippen LogP contribution in [-0.2, 0) is 0 Å². The molecular formula is C13H18N2O. The van der Waals surface area contributed by atoms with Crippen molar-refractivity contribution in [2.24, 2.45) is 0 Å². The van der Waals surface area contributed by atoms with Crippen LogP contribution >= 0.6 is 0 Å². The number of benzene rings is 1. The molecule has 0 radical (unpaired) electrons. The predicted molar refractivity (Wildman–Crippen MR) is 67.4 cm³/mol. The summed E-state index contributed by atoms with van der Waals surface area (Å²) >= 11 is 0.